The van der Waals surface area contributed by atoms with Crippen LogP contribution in [0, 0.1) is 6.92 Å². The Balaban J connectivity index is 1.55. The molecule has 4 rings (SSSR count). The number of aryl methyl sites for hydroxylation is 1. The van der Waals surface area contributed by atoms with Crippen LogP contribution in [-0.4, -0.2) is 48.6 Å². The summed E-state index contributed by atoms with van der Waals surface area (Å²) in [4.78, 5) is 20.2. The molecule has 1 saturated heterocycles. The summed E-state index contributed by atoms with van der Waals surface area (Å²) in [6.45, 7) is 6.19. The van der Waals surface area contributed by atoms with Gasteiger partial charge in [0.1, 0.15) is 0 Å². The maximum Gasteiger partial charge on any atom is 0.253 e. The Morgan fingerprint density at radius 1 is 1.17 bits per heavy atom. The molecule has 0 spiro atoms. The van der Waals surface area contributed by atoms with Crippen LogP contribution in [0.4, 0.5) is 0 Å². The minimum Gasteiger partial charge on any atom is -0.379 e. The zero-order chi connectivity index (χ0) is 20.9. The number of hydrogen-bond acceptors (Lipinski definition) is 4. The molecule has 0 saturated carbocycles. The lowest BCUT2D eigenvalue weighted by atomic mass is 10.0. The van der Waals surface area contributed by atoms with Crippen molar-refractivity contribution in [2.45, 2.75) is 19.4 Å². The van der Waals surface area contributed by atoms with Crippen LogP contribution in [0.1, 0.15) is 34.1 Å². The third-order valence-electron chi connectivity index (χ3n) is 5.56. The van der Waals surface area contributed by atoms with Crippen molar-refractivity contribution in [2.24, 2.45) is 0 Å². The molecule has 5 nitrogen and oxygen atoms in total. The highest BCUT2D eigenvalue weighted by Gasteiger charge is 2.20. The van der Waals surface area contributed by atoms with Gasteiger partial charge < -0.3 is 10.1 Å². The van der Waals surface area contributed by atoms with Crippen LogP contribution in [0.2, 0.25) is 5.02 Å². The Bertz CT molecular complexity index is 1020. The summed E-state index contributed by atoms with van der Waals surface area (Å²) in [7, 11) is 0. The molecule has 1 amide bonds. The standard InChI is InChI=1S/C24H26ClN3O2/c1-17-21(16-19-15-20(25)7-8-22(19)26-17)24(29)27-23(18-5-3-2-4-6-18)9-10-28-11-13-30-14-12-28/h2-8,15-16,23H,9-14H2,1H3,(H,27,29). The highest BCUT2D eigenvalue weighted by atomic mass is 35.5. The van der Waals surface area contributed by atoms with Gasteiger partial charge in [0, 0.05) is 30.0 Å². The molecular weight excluding hydrogens is 398 g/mol. The molecular formula is C24H26ClN3O2. The number of fused-ring (bicyclic) bond motifs is 1. The van der Waals surface area contributed by atoms with Gasteiger partial charge in [-0.3, -0.25) is 14.7 Å². The summed E-state index contributed by atoms with van der Waals surface area (Å²) in [5.41, 5.74) is 3.23. The molecule has 156 valence electrons. The van der Waals surface area contributed by atoms with Crippen LogP contribution in [0.25, 0.3) is 10.9 Å². The van der Waals surface area contributed by atoms with E-state index in [1.165, 1.54) is 0 Å². The van der Waals surface area contributed by atoms with Crippen molar-refractivity contribution in [1.82, 2.24) is 15.2 Å². The van der Waals surface area contributed by atoms with E-state index in [9.17, 15) is 4.79 Å². The molecule has 0 radical (unpaired) electrons. The fraction of sp³-hybridized carbons (Fsp3) is 0.333. The van der Waals surface area contributed by atoms with Gasteiger partial charge in [-0.2, -0.15) is 0 Å². The maximum atomic E-state index is 13.2. The van der Waals surface area contributed by atoms with Crippen LogP contribution < -0.4 is 5.32 Å². The molecule has 1 aliphatic heterocycles. The number of carbonyl (C=O) groups excluding carboxylic acids is 1. The number of ether oxygens (including phenoxy) is 1. The molecule has 2 aromatic carbocycles. The van der Waals surface area contributed by atoms with Crippen molar-refractivity contribution >= 4 is 28.4 Å². The normalized spacial score (nSPS) is 15.8. The van der Waals surface area contributed by atoms with E-state index < -0.39 is 0 Å². The second-order valence-corrected chi connectivity index (χ2v) is 8.07. The van der Waals surface area contributed by atoms with E-state index in [0.29, 0.717) is 16.3 Å². The smallest absolute Gasteiger partial charge is 0.253 e. The number of nitrogens with zero attached hydrogens (tertiary/aromatic N) is 2. The van der Waals surface area contributed by atoms with Crippen LogP contribution in [0.5, 0.6) is 0 Å². The van der Waals surface area contributed by atoms with Gasteiger partial charge >= 0.3 is 0 Å². The van der Waals surface area contributed by atoms with Crippen LogP contribution >= 0.6 is 11.6 Å². The molecule has 1 atom stereocenters. The summed E-state index contributed by atoms with van der Waals surface area (Å²) < 4.78 is 5.44. The molecule has 0 bridgehead atoms. The van der Waals surface area contributed by atoms with E-state index >= 15 is 0 Å². The Morgan fingerprint density at radius 2 is 1.93 bits per heavy atom. The zero-order valence-corrected chi connectivity index (χ0v) is 17.9. The third kappa shape index (κ3) is 4.98. The van der Waals surface area contributed by atoms with Gasteiger partial charge in [-0.05, 0) is 43.2 Å². The van der Waals surface area contributed by atoms with E-state index in [1.807, 2.05) is 49.4 Å². The lowest BCUT2D eigenvalue weighted by molar-refractivity contribution is 0.0360. The molecule has 1 aliphatic rings. The van der Waals surface area contributed by atoms with Crippen LogP contribution in [0.3, 0.4) is 0 Å². The largest absolute Gasteiger partial charge is 0.379 e. The Kier molecular flexibility index (Phi) is 6.62. The van der Waals surface area contributed by atoms with Gasteiger partial charge in [0.2, 0.25) is 0 Å². The molecule has 1 N–H and O–H groups in total. The van der Waals surface area contributed by atoms with Crippen molar-refractivity contribution in [1.29, 1.82) is 0 Å². The van der Waals surface area contributed by atoms with Crippen molar-refractivity contribution in [3.63, 3.8) is 0 Å². The number of benzene rings is 2. The van der Waals surface area contributed by atoms with E-state index in [4.69, 9.17) is 16.3 Å². The first-order valence-corrected chi connectivity index (χ1v) is 10.7. The summed E-state index contributed by atoms with van der Waals surface area (Å²) >= 11 is 6.13. The summed E-state index contributed by atoms with van der Waals surface area (Å²) in [5.74, 6) is -0.113. The van der Waals surface area contributed by atoms with E-state index in [2.05, 4.69) is 27.3 Å². The first-order chi connectivity index (χ1) is 14.6. The number of nitrogens with one attached hydrogen (secondary N) is 1. The number of aromatic nitrogens is 1. The predicted octanol–water partition coefficient (Wildman–Crippen LogP) is 4.39. The van der Waals surface area contributed by atoms with Crippen LogP contribution in [0.15, 0.2) is 54.6 Å². The number of carbonyl (C=O) groups is 1. The van der Waals surface area contributed by atoms with Gasteiger partial charge in [-0.25, -0.2) is 0 Å². The summed E-state index contributed by atoms with van der Waals surface area (Å²) in [6, 6.07) is 17.5. The molecule has 30 heavy (non-hydrogen) atoms. The Labute approximate surface area is 182 Å². The zero-order valence-electron chi connectivity index (χ0n) is 17.1. The fourth-order valence-corrected chi connectivity index (χ4v) is 4.03. The minimum absolute atomic E-state index is 0.0731. The van der Waals surface area contributed by atoms with Gasteiger partial charge in [0.05, 0.1) is 36.0 Å². The lowest BCUT2D eigenvalue weighted by Gasteiger charge is -2.29. The van der Waals surface area contributed by atoms with Gasteiger partial charge in [0.15, 0.2) is 0 Å². The molecule has 1 fully saturated rings. The van der Waals surface area contributed by atoms with Gasteiger partial charge in [-0.1, -0.05) is 41.9 Å². The third-order valence-corrected chi connectivity index (χ3v) is 5.79. The quantitative estimate of drug-likeness (QED) is 0.638. The molecule has 0 aliphatic carbocycles. The van der Waals surface area contributed by atoms with Crippen molar-refractivity contribution in [2.75, 3.05) is 32.8 Å². The number of halogens is 1. The monoisotopic (exact) mass is 423 g/mol. The van der Waals surface area contributed by atoms with Crippen molar-refractivity contribution in [3.8, 4) is 0 Å². The average molecular weight is 424 g/mol. The molecule has 3 aromatic rings. The topological polar surface area (TPSA) is 54.5 Å². The molecule has 1 aromatic heterocycles. The molecule has 1 unspecified atom stereocenters. The number of amides is 1. The maximum absolute atomic E-state index is 13.2. The van der Waals surface area contributed by atoms with Crippen LogP contribution in [-0.2, 0) is 4.74 Å². The second kappa shape index (κ2) is 9.56. The SMILES string of the molecule is Cc1nc2ccc(Cl)cc2cc1C(=O)NC(CCN1CCOCC1)c1ccccc1. The average Bonchev–Trinajstić information content (AvgIpc) is 2.77. The summed E-state index contributed by atoms with van der Waals surface area (Å²) in [5, 5.41) is 4.73. The Morgan fingerprint density at radius 3 is 2.70 bits per heavy atom. The number of morpholine rings is 1. The number of hydrogen-bond donors (Lipinski definition) is 1. The van der Waals surface area contributed by atoms with Gasteiger partial charge in [0.25, 0.3) is 5.91 Å². The van der Waals surface area contributed by atoms with Gasteiger partial charge in [-0.15, -0.1) is 0 Å². The Hall–Kier alpha value is -2.47. The molecule has 2 heterocycles. The van der Waals surface area contributed by atoms with E-state index in [1.54, 1.807) is 0 Å². The number of rotatable bonds is 6. The second-order valence-electron chi connectivity index (χ2n) is 7.64. The van der Waals surface area contributed by atoms with Crippen molar-refractivity contribution in [3.05, 3.63) is 76.4 Å². The molecule has 6 heteroatoms. The summed E-state index contributed by atoms with van der Waals surface area (Å²) in [6.07, 6.45) is 0.835. The lowest BCUT2D eigenvalue weighted by Crippen LogP contribution is -2.39. The first kappa shape index (κ1) is 20.8. The fourth-order valence-electron chi connectivity index (χ4n) is 3.85. The first-order valence-electron chi connectivity index (χ1n) is 10.3. The predicted molar refractivity (Wildman–Crippen MR) is 120 cm³/mol. The highest BCUT2D eigenvalue weighted by Crippen LogP contribution is 2.23. The number of pyridine rings is 1. The van der Waals surface area contributed by atoms with E-state index in [-0.39, 0.29) is 11.9 Å². The van der Waals surface area contributed by atoms with Crippen molar-refractivity contribution < 1.29 is 9.53 Å². The minimum atomic E-state index is -0.113. The van der Waals surface area contributed by atoms with E-state index in [0.717, 1.165) is 55.7 Å². The highest BCUT2D eigenvalue weighted by molar-refractivity contribution is 6.31.